The summed E-state index contributed by atoms with van der Waals surface area (Å²) in [7, 11) is 5.02. The monoisotopic (exact) mass is 341 g/mol. The standard InChI is InChI=1S/C10H21N.C9H19N2P/c1-4-10(5-2)6-8-11(3)9-7-10;1-2-3-10-4-6-11(7-5-10)8-9-12/h4-9H2,1-3H3;2H,1,3-9,12H2. The van der Waals surface area contributed by atoms with E-state index in [1.165, 1.54) is 77.7 Å². The summed E-state index contributed by atoms with van der Waals surface area (Å²) in [5, 5.41) is 0. The van der Waals surface area contributed by atoms with E-state index < -0.39 is 0 Å². The second-order valence-corrected chi connectivity index (χ2v) is 7.81. The van der Waals surface area contributed by atoms with Crippen LogP contribution < -0.4 is 0 Å². The molecule has 0 aromatic rings. The molecule has 3 nitrogen and oxygen atoms in total. The molecule has 0 aliphatic carbocycles. The van der Waals surface area contributed by atoms with Crippen molar-refractivity contribution in [3.05, 3.63) is 12.7 Å². The van der Waals surface area contributed by atoms with Crippen LogP contribution in [0.3, 0.4) is 0 Å². The molecule has 2 heterocycles. The van der Waals surface area contributed by atoms with Gasteiger partial charge in [-0.15, -0.1) is 15.8 Å². The van der Waals surface area contributed by atoms with Crippen LogP contribution in [0.1, 0.15) is 39.5 Å². The first-order valence-electron chi connectivity index (χ1n) is 9.53. The molecular formula is C19H40N3P. The highest BCUT2D eigenvalue weighted by molar-refractivity contribution is 7.16. The number of piperazine rings is 1. The number of nitrogens with zero attached hydrogens (tertiary/aromatic N) is 3. The third kappa shape index (κ3) is 7.65. The van der Waals surface area contributed by atoms with E-state index in [-0.39, 0.29) is 0 Å². The van der Waals surface area contributed by atoms with Crippen molar-refractivity contribution < 1.29 is 0 Å². The second kappa shape index (κ2) is 11.6. The van der Waals surface area contributed by atoms with Gasteiger partial charge in [0.2, 0.25) is 0 Å². The molecule has 2 rings (SSSR count). The number of rotatable bonds is 6. The van der Waals surface area contributed by atoms with Crippen molar-refractivity contribution >= 4 is 9.24 Å². The fraction of sp³-hybridized carbons (Fsp3) is 0.895. The van der Waals surface area contributed by atoms with Crippen molar-refractivity contribution in [3.8, 4) is 0 Å². The average molecular weight is 342 g/mol. The quantitative estimate of drug-likeness (QED) is 0.543. The maximum atomic E-state index is 3.75. The lowest BCUT2D eigenvalue weighted by molar-refractivity contribution is 0.113. The van der Waals surface area contributed by atoms with Gasteiger partial charge in [0.05, 0.1) is 0 Å². The Morgan fingerprint density at radius 2 is 1.48 bits per heavy atom. The van der Waals surface area contributed by atoms with Crippen LogP contribution in [-0.4, -0.2) is 80.3 Å². The summed E-state index contributed by atoms with van der Waals surface area (Å²) < 4.78 is 0. The minimum Gasteiger partial charge on any atom is -0.306 e. The molecule has 2 fully saturated rings. The van der Waals surface area contributed by atoms with Crippen LogP contribution in [0.15, 0.2) is 12.7 Å². The van der Waals surface area contributed by atoms with Crippen molar-refractivity contribution in [3.63, 3.8) is 0 Å². The fourth-order valence-electron chi connectivity index (χ4n) is 3.61. The van der Waals surface area contributed by atoms with Gasteiger partial charge >= 0.3 is 0 Å². The largest absolute Gasteiger partial charge is 0.306 e. The van der Waals surface area contributed by atoms with Gasteiger partial charge in [-0.25, -0.2) is 0 Å². The molecule has 0 N–H and O–H groups in total. The topological polar surface area (TPSA) is 9.72 Å². The van der Waals surface area contributed by atoms with Crippen LogP contribution in [0.4, 0.5) is 0 Å². The highest BCUT2D eigenvalue weighted by atomic mass is 31.0. The Hall–Kier alpha value is 0.0500. The SMILES string of the molecule is C=CCN1CCN(CCP)CC1.CCC1(CC)CCN(C)CC1. The first-order valence-corrected chi connectivity index (χ1v) is 10.3. The van der Waals surface area contributed by atoms with Gasteiger partial charge < -0.3 is 9.80 Å². The van der Waals surface area contributed by atoms with Crippen molar-refractivity contribution in [2.45, 2.75) is 39.5 Å². The molecule has 2 aliphatic rings. The Balaban J connectivity index is 0.000000231. The smallest absolute Gasteiger partial charge is 0.0161 e. The molecule has 0 bridgehead atoms. The van der Waals surface area contributed by atoms with E-state index >= 15 is 0 Å². The lowest BCUT2D eigenvalue weighted by atomic mass is 9.74. The zero-order valence-corrected chi connectivity index (χ0v) is 17.1. The predicted molar refractivity (Wildman–Crippen MR) is 107 cm³/mol. The molecule has 2 saturated heterocycles. The van der Waals surface area contributed by atoms with Gasteiger partial charge in [0, 0.05) is 39.3 Å². The molecule has 0 spiro atoms. The van der Waals surface area contributed by atoms with Gasteiger partial charge in [-0.1, -0.05) is 32.8 Å². The van der Waals surface area contributed by atoms with E-state index in [9.17, 15) is 0 Å². The molecule has 0 aromatic carbocycles. The van der Waals surface area contributed by atoms with Gasteiger partial charge in [-0.05, 0) is 44.6 Å². The molecule has 2 aliphatic heterocycles. The van der Waals surface area contributed by atoms with Crippen molar-refractivity contribution in [1.29, 1.82) is 0 Å². The highest BCUT2D eigenvalue weighted by Crippen LogP contribution is 2.37. The minimum absolute atomic E-state index is 0.701. The third-order valence-electron chi connectivity index (χ3n) is 5.85. The first kappa shape index (κ1) is 21.1. The van der Waals surface area contributed by atoms with Gasteiger partial charge in [-0.2, -0.15) is 0 Å². The van der Waals surface area contributed by atoms with Crippen molar-refractivity contribution in [2.24, 2.45) is 5.41 Å². The van der Waals surface area contributed by atoms with Crippen LogP contribution in [0.2, 0.25) is 0 Å². The van der Waals surface area contributed by atoms with Crippen LogP contribution >= 0.6 is 9.24 Å². The maximum absolute atomic E-state index is 3.75. The summed E-state index contributed by atoms with van der Waals surface area (Å²) in [5.41, 5.74) is 0.701. The van der Waals surface area contributed by atoms with Gasteiger partial charge in [0.1, 0.15) is 0 Å². The number of piperidine rings is 1. The molecule has 136 valence electrons. The highest BCUT2D eigenvalue weighted by Gasteiger charge is 2.29. The summed E-state index contributed by atoms with van der Waals surface area (Å²) in [5.74, 6) is 0. The van der Waals surface area contributed by atoms with Gasteiger partial charge in [0.15, 0.2) is 0 Å². The van der Waals surface area contributed by atoms with Gasteiger partial charge in [-0.3, -0.25) is 4.90 Å². The molecular weight excluding hydrogens is 301 g/mol. The zero-order valence-electron chi connectivity index (χ0n) is 15.9. The number of hydrogen-bond acceptors (Lipinski definition) is 3. The van der Waals surface area contributed by atoms with Crippen molar-refractivity contribution in [2.75, 3.05) is 65.6 Å². The molecule has 0 radical (unpaired) electrons. The second-order valence-electron chi connectivity index (χ2n) is 7.23. The molecule has 4 heteroatoms. The van der Waals surface area contributed by atoms with Crippen LogP contribution in [0.5, 0.6) is 0 Å². The van der Waals surface area contributed by atoms with Crippen molar-refractivity contribution in [1.82, 2.24) is 14.7 Å². The summed E-state index contributed by atoms with van der Waals surface area (Å²) >= 11 is 0. The molecule has 0 saturated carbocycles. The summed E-state index contributed by atoms with van der Waals surface area (Å²) in [4.78, 5) is 7.42. The average Bonchev–Trinajstić information content (AvgIpc) is 2.59. The third-order valence-corrected chi connectivity index (χ3v) is 6.10. The van der Waals surface area contributed by atoms with E-state index in [1.54, 1.807) is 0 Å². The number of hydrogen-bond donors (Lipinski definition) is 0. The molecule has 1 unspecified atom stereocenters. The fourth-order valence-corrected chi connectivity index (χ4v) is 3.98. The van der Waals surface area contributed by atoms with Gasteiger partial charge in [0.25, 0.3) is 0 Å². The first-order chi connectivity index (χ1) is 11.1. The lowest BCUT2D eigenvalue weighted by Crippen LogP contribution is -2.46. The zero-order chi connectivity index (χ0) is 17.1. The minimum atomic E-state index is 0.701. The Labute approximate surface area is 147 Å². The Kier molecular flexibility index (Phi) is 10.6. The Morgan fingerprint density at radius 1 is 0.957 bits per heavy atom. The molecule has 0 aromatic heterocycles. The normalized spacial score (nSPS) is 23.1. The van der Waals surface area contributed by atoms with E-state index in [0.29, 0.717) is 5.41 Å². The molecule has 1 atom stereocenters. The summed E-state index contributed by atoms with van der Waals surface area (Å²) in [6, 6.07) is 0. The Morgan fingerprint density at radius 3 is 1.91 bits per heavy atom. The summed E-state index contributed by atoms with van der Waals surface area (Å²) in [6.07, 6.45) is 8.76. The van der Waals surface area contributed by atoms with Crippen LogP contribution in [0, 0.1) is 5.41 Å². The summed E-state index contributed by atoms with van der Waals surface area (Å²) in [6.45, 7) is 18.2. The van der Waals surface area contributed by atoms with E-state index in [4.69, 9.17) is 0 Å². The van der Waals surface area contributed by atoms with Crippen LogP contribution in [-0.2, 0) is 0 Å². The molecule has 0 amide bonds. The predicted octanol–water partition coefficient (Wildman–Crippen LogP) is 3.18. The number of likely N-dealkylation sites (tertiary alicyclic amines) is 1. The van der Waals surface area contributed by atoms with Crippen LogP contribution in [0.25, 0.3) is 0 Å². The lowest BCUT2D eigenvalue weighted by Gasteiger charge is -2.39. The maximum Gasteiger partial charge on any atom is 0.0161 e. The van der Waals surface area contributed by atoms with E-state index in [2.05, 4.69) is 51.4 Å². The molecule has 23 heavy (non-hydrogen) atoms. The van der Waals surface area contributed by atoms with E-state index in [1.807, 2.05) is 6.08 Å². The van der Waals surface area contributed by atoms with E-state index in [0.717, 1.165) is 6.54 Å². The Bertz CT molecular complexity index is 300.